The largest absolute Gasteiger partial charge is 0.454 e. The molecular formula is C45H28N2O. The van der Waals surface area contributed by atoms with E-state index in [1.54, 1.807) is 0 Å². The number of fused-ring (bicyclic) bond motifs is 8. The predicted molar refractivity (Wildman–Crippen MR) is 200 cm³/mol. The van der Waals surface area contributed by atoms with Crippen LogP contribution in [0.1, 0.15) is 0 Å². The van der Waals surface area contributed by atoms with Gasteiger partial charge >= 0.3 is 0 Å². The third kappa shape index (κ3) is 4.18. The summed E-state index contributed by atoms with van der Waals surface area (Å²) in [6.07, 6.45) is 1.93. The van der Waals surface area contributed by atoms with Crippen molar-refractivity contribution in [1.29, 1.82) is 0 Å². The van der Waals surface area contributed by atoms with Crippen LogP contribution < -0.4 is 0 Å². The van der Waals surface area contributed by atoms with Gasteiger partial charge in [0.15, 0.2) is 5.58 Å². The molecule has 3 heterocycles. The first kappa shape index (κ1) is 26.7. The monoisotopic (exact) mass is 612 g/mol. The van der Waals surface area contributed by atoms with E-state index < -0.39 is 0 Å². The second kappa shape index (κ2) is 10.5. The summed E-state index contributed by atoms with van der Waals surface area (Å²) in [6, 6.07) is 58.3. The highest BCUT2D eigenvalue weighted by Gasteiger charge is 2.20. The summed E-state index contributed by atoms with van der Waals surface area (Å²) in [5.41, 5.74) is 10.9. The minimum absolute atomic E-state index is 0.851. The summed E-state index contributed by atoms with van der Waals surface area (Å²) in [6.45, 7) is 0. The van der Waals surface area contributed by atoms with E-state index in [1.165, 1.54) is 38.4 Å². The molecule has 10 rings (SSSR count). The molecule has 3 heteroatoms. The minimum atomic E-state index is 0.851. The molecule has 0 unspecified atom stereocenters. The highest BCUT2D eigenvalue weighted by Crippen LogP contribution is 2.41. The Morgan fingerprint density at radius 1 is 0.417 bits per heavy atom. The quantitative estimate of drug-likeness (QED) is 0.198. The van der Waals surface area contributed by atoms with Gasteiger partial charge in [-0.2, -0.15) is 0 Å². The average molecular weight is 613 g/mol. The van der Waals surface area contributed by atoms with Gasteiger partial charge in [0.2, 0.25) is 0 Å². The number of rotatable bonds is 4. The van der Waals surface area contributed by atoms with Gasteiger partial charge < -0.3 is 4.42 Å². The fourth-order valence-electron chi connectivity index (χ4n) is 7.32. The van der Waals surface area contributed by atoms with E-state index in [1.807, 2.05) is 18.3 Å². The molecule has 0 fully saturated rings. The van der Waals surface area contributed by atoms with Gasteiger partial charge in [-0.3, -0.25) is 4.57 Å². The lowest BCUT2D eigenvalue weighted by Gasteiger charge is -2.13. The van der Waals surface area contributed by atoms with Crippen LogP contribution >= 0.6 is 0 Å². The van der Waals surface area contributed by atoms with Crippen molar-refractivity contribution in [3.8, 4) is 39.2 Å². The lowest BCUT2D eigenvalue weighted by atomic mass is 9.93. The Balaban J connectivity index is 1.21. The van der Waals surface area contributed by atoms with E-state index in [9.17, 15) is 0 Å². The molecule has 3 nitrogen and oxygen atoms in total. The predicted octanol–water partition coefficient (Wildman–Crippen LogP) is 12.2. The Bertz CT molecular complexity index is 2840. The van der Waals surface area contributed by atoms with E-state index in [0.717, 1.165) is 55.3 Å². The molecule has 0 radical (unpaired) electrons. The van der Waals surface area contributed by atoms with Gasteiger partial charge in [-0.1, -0.05) is 109 Å². The van der Waals surface area contributed by atoms with Gasteiger partial charge in [-0.15, -0.1) is 0 Å². The van der Waals surface area contributed by atoms with Crippen LogP contribution in [-0.2, 0) is 0 Å². The SMILES string of the molecule is c1ccc(-c2cc(-c3ccnc(-n4c5ccccc5c5ccc6c7ccccc7oc6c54)c3)cc(-c3ccc4ccccc4c3)c2)cc1. The molecule has 0 saturated carbocycles. The summed E-state index contributed by atoms with van der Waals surface area (Å²) in [7, 11) is 0. The van der Waals surface area contributed by atoms with Crippen LogP contribution in [0.5, 0.6) is 0 Å². The lowest BCUT2D eigenvalue weighted by molar-refractivity contribution is 0.671. The fourth-order valence-corrected chi connectivity index (χ4v) is 7.32. The molecule has 48 heavy (non-hydrogen) atoms. The normalized spacial score (nSPS) is 11.8. The number of para-hydroxylation sites is 2. The Morgan fingerprint density at radius 3 is 1.94 bits per heavy atom. The van der Waals surface area contributed by atoms with Gasteiger partial charge in [0.1, 0.15) is 11.4 Å². The highest BCUT2D eigenvalue weighted by molar-refractivity contribution is 6.21. The van der Waals surface area contributed by atoms with Gasteiger partial charge in [0.05, 0.1) is 11.0 Å². The summed E-state index contributed by atoms with van der Waals surface area (Å²) in [5, 5.41) is 7.02. The number of aromatic nitrogens is 2. The molecule has 0 N–H and O–H groups in total. The number of hydrogen-bond acceptors (Lipinski definition) is 2. The van der Waals surface area contributed by atoms with E-state index in [-0.39, 0.29) is 0 Å². The summed E-state index contributed by atoms with van der Waals surface area (Å²) >= 11 is 0. The minimum Gasteiger partial charge on any atom is -0.454 e. The third-order valence-electron chi connectivity index (χ3n) is 9.61. The molecule has 0 spiro atoms. The van der Waals surface area contributed by atoms with Crippen LogP contribution in [0.3, 0.4) is 0 Å². The number of furan rings is 1. The summed E-state index contributed by atoms with van der Waals surface area (Å²) < 4.78 is 8.85. The molecule has 10 aromatic rings. The number of pyridine rings is 1. The maximum Gasteiger partial charge on any atom is 0.160 e. The van der Waals surface area contributed by atoms with Gasteiger partial charge in [-0.05, 0) is 98.8 Å². The Labute approximate surface area is 277 Å². The molecule has 3 aromatic heterocycles. The smallest absolute Gasteiger partial charge is 0.160 e. The second-order valence-corrected chi connectivity index (χ2v) is 12.4. The van der Waals surface area contributed by atoms with Crippen molar-refractivity contribution in [2.75, 3.05) is 0 Å². The van der Waals surface area contributed by atoms with Gasteiger partial charge in [-0.25, -0.2) is 4.98 Å². The summed E-state index contributed by atoms with van der Waals surface area (Å²) in [4.78, 5) is 4.99. The zero-order valence-electron chi connectivity index (χ0n) is 26.0. The van der Waals surface area contributed by atoms with Crippen molar-refractivity contribution in [2.45, 2.75) is 0 Å². The maximum absolute atomic E-state index is 6.58. The van der Waals surface area contributed by atoms with Gasteiger partial charge in [0.25, 0.3) is 0 Å². The fraction of sp³-hybridized carbons (Fsp3) is 0. The third-order valence-corrected chi connectivity index (χ3v) is 9.61. The summed E-state index contributed by atoms with van der Waals surface area (Å²) in [5.74, 6) is 0.851. The molecule has 0 saturated heterocycles. The van der Waals surface area contributed by atoms with Crippen molar-refractivity contribution < 1.29 is 4.42 Å². The van der Waals surface area contributed by atoms with Crippen LogP contribution in [0.2, 0.25) is 0 Å². The second-order valence-electron chi connectivity index (χ2n) is 12.4. The first-order valence-corrected chi connectivity index (χ1v) is 16.3. The molecule has 0 bridgehead atoms. The van der Waals surface area contributed by atoms with E-state index in [0.29, 0.717) is 0 Å². The zero-order chi connectivity index (χ0) is 31.6. The van der Waals surface area contributed by atoms with Crippen molar-refractivity contribution in [1.82, 2.24) is 9.55 Å². The first-order valence-electron chi connectivity index (χ1n) is 16.3. The number of benzene rings is 7. The Morgan fingerprint density at radius 2 is 1.08 bits per heavy atom. The molecule has 7 aromatic carbocycles. The molecule has 0 amide bonds. The van der Waals surface area contributed by atoms with Crippen LogP contribution in [0.15, 0.2) is 174 Å². The molecule has 224 valence electrons. The van der Waals surface area contributed by atoms with Crippen molar-refractivity contribution >= 4 is 54.5 Å². The van der Waals surface area contributed by atoms with Crippen LogP contribution in [0.25, 0.3) is 93.7 Å². The molecule has 0 aliphatic carbocycles. The van der Waals surface area contributed by atoms with E-state index in [4.69, 9.17) is 9.40 Å². The molecule has 0 aliphatic rings. The highest BCUT2D eigenvalue weighted by atomic mass is 16.3. The number of nitrogens with zero attached hydrogens (tertiary/aromatic N) is 2. The molecule has 0 aliphatic heterocycles. The topological polar surface area (TPSA) is 31.0 Å². The van der Waals surface area contributed by atoms with Crippen molar-refractivity contribution in [2.24, 2.45) is 0 Å². The van der Waals surface area contributed by atoms with Crippen LogP contribution in [0, 0.1) is 0 Å². The average Bonchev–Trinajstić information content (AvgIpc) is 3.71. The lowest BCUT2D eigenvalue weighted by Crippen LogP contribution is -1.98. The number of hydrogen-bond donors (Lipinski definition) is 0. The molecule has 0 atom stereocenters. The Hall–Kier alpha value is -6.45. The van der Waals surface area contributed by atoms with Crippen molar-refractivity contribution in [3.63, 3.8) is 0 Å². The molecular weight excluding hydrogens is 585 g/mol. The standard InChI is InChI=1S/C45H28N2O/c1-2-10-29(11-3-1)34-25-35(32-19-18-30-12-4-5-13-31(30)24-32)27-36(26-34)33-22-23-46-43(28-33)47-41-16-8-6-14-37(41)39-20-21-40-38-15-7-9-17-42(38)48-45(40)44(39)47/h1-28H. The van der Waals surface area contributed by atoms with Crippen LogP contribution in [-0.4, -0.2) is 9.55 Å². The van der Waals surface area contributed by atoms with E-state index >= 15 is 0 Å². The van der Waals surface area contributed by atoms with Crippen molar-refractivity contribution in [3.05, 3.63) is 170 Å². The van der Waals surface area contributed by atoms with Gasteiger partial charge in [0, 0.05) is 27.7 Å². The zero-order valence-corrected chi connectivity index (χ0v) is 26.0. The van der Waals surface area contributed by atoms with E-state index in [2.05, 4.69) is 156 Å². The Kier molecular flexibility index (Phi) is 5.87. The first-order chi connectivity index (χ1) is 23.8. The maximum atomic E-state index is 6.58. The van der Waals surface area contributed by atoms with Crippen LogP contribution in [0.4, 0.5) is 0 Å².